The first-order chi connectivity index (χ1) is 11.2. The summed E-state index contributed by atoms with van der Waals surface area (Å²) in [5, 5.41) is 14.1. The first-order valence-electron chi connectivity index (χ1n) is 7.79. The van der Waals surface area contributed by atoms with Crippen LogP contribution in [0.5, 0.6) is 5.75 Å². The van der Waals surface area contributed by atoms with Gasteiger partial charge in [-0.05, 0) is 38.1 Å². The van der Waals surface area contributed by atoms with Crippen LogP contribution >= 0.6 is 0 Å². The van der Waals surface area contributed by atoms with Crippen LogP contribution in [0.2, 0.25) is 0 Å². The standard InChI is InChI=1S/C18H20N4O/c1-3-22(4-2)17-13-9-5-6-10-14(13)19-18(21-17)20-15-11-7-8-12-16(15)23/h5-12,23H,3-4H2,1-2H3,(H,19,20,21). The van der Waals surface area contributed by atoms with Crippen LogP contribution in [0, 0.1) is 0 Å². The number of hydrogen-bond acceptors (Lipinski definition) is 5. The predicted molar refractivity (Wildman–Crippen MR) is 94.5 cm³/mol. The number of rotatable bonds is 5. The number of anilines is 3. The summed E-state index contributed by atoms with van der Waals surface area (Å²) >= 11 is 0. The molecule has 0 radical (unpaired) electrons. The third-order valence-electron chi connectivity index (χ3n) is 3.80. The summed E-state index contributed by atoms with van der Waals surface area (Å²) in [6.07, 6.45) is 0. The maximum atomic E-state index is 9.93. The molecule has 0 saturated heterocycles. The van der Waals surface area contributed by atoms with E-state index in [-0.39, 0.29) is 5.75 Å². The minimum absolute atomic E-state index is 0.175. The Balaban J connectivity index is 2.09. The number of fused-ring (bicyclic) bond motifs is 1. The molecule has 2 N–H and O–H groups in total. The van der Waals surface area contributed by atoms with Crippen LogP contribution < -0.4 is 10.2 Å². The molecule has 0 bridgehead atoms. The number of aromatic hydroxyl groups is 1. The van der Waals surface area contributed by atoms with E-state index in [4.69, 9.17) is 0 Å². The highest BCUT2D eigenvalue weighted by Crippen LogP contribution is 2.29. The van der Waals surface area contributed by atoms with Crippen molar-refractivity contribution in [1.82, 2.24) is 9.97 Å². The molecule has 0 unspecified atom stereocenters. The van der Waals surface area contributed by atoms with E-state index in [0.717, 1.165) is 29.8 Å². The van der Waals surface area contributed by atoms with Crippen LogP contribution in [0.1, 0.15) is 13.8 Å². The molecule has 0 saturated carbocycles. The largest absolute Gasteiger partial charge is 0.506 e. The summed E-state index contributed by atoms with van der Waals surface area (Å²) in [6.45, 7) is 5.95. The van der Waals surface area contributed by atoms with Crippen molar-refractivity contribution < 1.29 is 5.11 Å². The van der Waals surface area contributed by atoms with Crippen molar-refractivity contribution in [2.24, 2.45) is 0 Å². The molecule has 1 heterocycles. The van der Waals surface area contributed by atoms with Gasteiger partial charge in [-0.1, -0.05) is 24.3 Å². The van der Waals surface area contributed by atoms with Gasteiger partial charge in [-0.15, -0.1) is 0 Å². The zero-order valence-corrected chi connectivity index (χ0v) is 13.3. The van der Waals surface area contributed by atoms with Gasteiger partial charge >= 0.3 is 0 Å². The quantitative estimate of drug-likeness (QED) is 0.699. The fraction of sp³-hybridized carbons (Fsp3) is 0.222. The van der Waals surface area contributed by atoms with Gasteiger partial charge in [-0.25, -0.2) is 4.98 Å². The van der Waals surface area contributed by atoms with E-state index in [1.807, 2.05) is 30.3 Å². The first-order valence-corrected chi connectivity index (χ1v) is 7.79. The number of aromatic nitrogens is 2. The lowest BCUT2D eigenvalue weighted by atomic mass is 10.2. The molecule has 5 nitrogen and oxygen atoms in total. The summed E-state index contributed by atoms with van der Waals surface area (Å²) in [4.78, 5) is 11.4. The highest BCUT2D eigenvalue weighted by atomic mass is 16.3. The molecule has 0 amide bonds. The van der Waals surface area contributed by atoms with E-state index < -0.39 is 0 Å². The van der Waals surface area contributed by atoms with Crippen molar-refractivity contribution in [3.8, 4) is 5.75 Å². The number of phenolic OH excluding ortho intramolecular Hbond substituents is 1. The van der Waals surface area contributed by atoms with Gasteiger partial charge in [0.05, 0.1) is 11.2 Å². The SMILES string of the molecule is CCN(CC)c1nc(Nc2ccccc2O)nc2ccccc12. The van der Waals surface area contributed by atoms with Gasteiger partial charge in [-0.2, -0.15) is 4.98 Å². The van der Waals surface area contributed by atoms with Crippen LogP contribution in [0.15, 0.2) is 48.5 Å². The average Bonchev–Trinajstić information content (AvgIpc) is 2.58. The van der Waals surface area contributed by atoms with E-state index in [0.29, 0.717) is 11.6 Å². The number of nitrogens with zero attached hydrogens (tertiary/aromatic N) is 3. The summed E-state index contributed by atoms with van der Waals surface area (Å²) in [7, 11) is 0. The van der Waals surface area contributed by atoms with Crippen LogP contribution in [0.4, 0.5) is 17.5 Å². The second kappa shape index (κ2) is 6.52. The average molecular weight is 308 g/mol. The number of para-hydroxylation sites is 3. The maximum absolute atomic E-state index is 9.93. The van der Waals surface area contributed by atoms with Gasteiger partial charge in [0.1, 0.15) is 11.6 Å². The Kier molecular flexibility index (Phi) is 4.28. The van der Waals surface area contributed by atoms with E-state index in [9.17, 15) is 5.11 Å². The molecule has 3 rings (SSSR count). The van der Waals surface area contributed by atoms with Crippen molar-refractivity contribution in [3.63, 3.8) is 0 Å². The van der Waals surface area contributed by atoms with Gasteiger partial charge in [0, 0.05) is 18.5 Å². The zero-order chi connectivity index (χ0) is 16.2. The first kappa shape index (κ1) is 15.1. The molecular weight excluding hydrogens is 288 g/mol. The molecule has 0 spiro atoms. The Bertz CT molecular complexity index is 815. The van der Waals surface area contributed by atoms with Crippen molar-refractivity contribution >= 4 is 28.4 Å². The second-order valence-electron chi connectivity index (χ2n) is 5.20. The second-order valence-corrected chi connectivity index (χ2v) is 5.20. The smallest absolute Gasteiger partial charge is 0.229 e. The third-order valence-corrected chi connectivity index (χ3v) is 3.80. The highest BCUT2D eigenvalue weighted by Gasteiger charge is 2.13. The Morgan fingerprint density at radius 3 is 2.39 bits per heavy atom. The van der Waals surface area contributed by atoms with Crippen molar-refractivity contribution in [2.45, 2.75) is 13.8 Å². The van der Waals surface area contributed by atoms with Crippen LogP contribution in [0.25, 0.3) is 10.9 Å². The molecule has 1 aromatic heterocycles. The van der Waals surface area contributed by atoms with Crippen molar-refractivity contribution in [2.75, 3.05) is 23.3 Å². The van der Waals surface area contributed by atoms with Crippen LogP contribution in [0.3, 0.4) is 0 Å². The molecular formula is C18H20N4O. The summed E-state index contributed by atoms with van der Waals surface area (Å²) in [5.41, 5.74) is 1.47. The third kappa shape index (κ3) is 3.04. The molecule has 2 aromatic carbocycles. The molecule has 0 aliphatic heterocycles. The number of hydrogen-bond donors (Lipinski definition) is 2. The van der Waals surface area contributed by atoms with Gasteiger partial charge in [-0.3, -0.25) is 0 Å². The van der Waals surface area contributed by atoms with E-state index in [2.05, 4.69) is 34.0 Å². The molecule has 118 valence electrons. The number of benzene rings is 2. The van der Waals surface area contributed by atoms with E-state index in [1.54, 1.807) is 18.2 Å². The minimum Gasteiger partial charge on any atom is -0.506 e. The maximum Gasteiger partial charge on any atom is 0.229 e. The molecule has 0 aliphatic rings. The molecule has 0 aliphatic carbocycles. The van der Waals surface area contributed by atoms with Gasteiger partial charge < -0.3 is 15.3 Å². The Morgan fingerprint density at radius 2 is 1.65 bits per heavy atom. The van der Waals surface area contributed by atoms with E-state index >= 15 is 0 Å². The minimum atomic E-state index is 0.175. The molecule has 23 heavy (non-hydrogen) atoms. The normalized spacial score (nSPS) is 10.7. The fourth-order valence-electron chi connectivity index (χ4n) is 2.58. The Labute approximate surface area is 135 Å². The lowest BCUT2D eigenvalue weighted by Gasteiger charge is -2.22. The zero-order valence-electron chi connectivity index (χ0n) is 13.3. The van der Waals surface area contributed by atoms with Crippen LogP contribution in [-0.2, 0) is 0 Å². The number of nitrogens with one attached hydrogen (secondary N) is 1. The van der Waals surface area contributed by atoms with Gasteiger partial charge in [0.2, 0.25) is 5.95 Å². The Hall–Kier alpha value is -2.82. The summed E-state index contributed by atoms with van der Waals surface area (Å²) in [5.74, 6) is 1.55. The molecule has 0 atom stereocenters. The van der Waals surface area contributed by atoms with Crippen molar-refractivity contribution in [3.05, 3.63) is 48.5 Å². The summed E-state index contributed by atoms with van der Waals surface area (Å²) < 4.78 is 0. The topological polar surface area (TPSA) is 61.3 Å². The van der Waals surface area contributed by atoms with Gasteiger partial charge in [0.25, 0.3) is 0 Å². The molecule has 0 fully saturated rings. The van der Waals surface area contributed by atoms with Crippen LogP contribution in [-0.4, -0.2) is 28.2 Å². The monoisotopic (exact) mass is 308 g/mol. The van der Waals surface area contributed by atoms with E-state index in [1.165, 1.54) is 0 Å². The predicted octanol–water partition coefficient (Wildman–Crippen LogP) is 3.93. The molecule has 5 heteroatoms. The fourth-order valence-corrected chi connectivity index (χ4v) is 2.58. The van der Waals surface area contributed by atoms with Crippen molar-refractivity contribution in [1.29, 1.82) is 0 Å². The lowest BCUT2D eigenvalue weighted by molar-refractivity contribution is 0.477. The molecule has 3 aromatic rings. The number of phenols is 1. The highest BCUT2D eigenvalue weighted by molar-refractivity contribution is 5.90. The van der Waals surface area contributed by atoms with Gasteiger partial charge in [0.15, 0.2) is 0 Å². The summed E-state index contributed by atoms with van der Waals surface area (Å²) in [6, 6.07) is 15.0. The Morgan fingerprint density at radius 1 is 0.957 bits per heavy atom. The lowest BCUT2D eigenvalue weighted by Crippen LogP contribution is -2.23.